The van der Waals surface area contributed by atoms with E-state index in [4.69, 9.17) is 0 Å². The highest BCUT2D eigenvalue weighted by molar-refractivity contribution is 5.51. The predicted octanol–water partition coefficient (Wildman–Crippen LogP) is 2.24. The van der Waals surface area contributed by atoms with Crippen molar-refractivity contribution in [2.45, 2.75) is 37.7 Å². The zero-order valence-corrected chi connectivity index (χ0v) is 13.0. The van der Waals surface area contributed by atoms with Crippen LogP contribution < -0.4 is 4.90 Å². The first-order valence-electron chi connectivity index (χ1n) is 8.47. The van der Waals surface area contributed by atoms with Gasteiger partial charge in [-0.2, -0.15) is 0 Å². The van der Waals surface area contributed by atoms with Gasteiger partial charge in [-0.15, -0.1) is 0 Å². The number of nitrogens with zero attached hydrogens (tertiary/aromatic N) is 2. The quantitative estimate of drug-likeness (QED) is 0.923. The Bertz CT molecular complexity index is 506. The lowest BCUT2D eigenvalue weighted by Gasteiger charge is -2.31. The van der Waals surface area contributed by atoms with Crippen molar-refractivity contribution in [3.05, 3.63) is 29.8 Å². The molecule has 2 atom stereocenters. The van der Waals surface area contributed by atoms with Crippen LogP contribution in [-0.4, -0.2) is 48.8 Å². The van der Waals surface area contributed by atoms with Gasteiger partial charge in [-0.25, -0.2) is 0 Å². The molecule has 2 saturated heterocycles. The second-order valence-corrected chi connectivity index (χ2v) is 7.15. The number of aliphatic hydroxyl groups is 1. The molecule has 3 aliphatic rings. The Morgan fingerprint density at radius 3 is 2.52 bits per heavy atom. The second-order valence-electron chi connectivity index (χ2n) is 7.15. The van der Waals surface area contributed by atoms with E-state index in [0.717, 1.165) is 31.8 Å². The summed E-state index contributed by atoms with van der Waals surface area (Å²) in [5, 5.41) is 9.62. The molecular weight excluding hydrogens is 260 g/mol. The van der Waals surface area contributed by atoms with Crippen molar-refractivity contribution >= 4 is 5.69 Å². The lowest BCUT2D eigenvalue weighted by atomic mass is 9.94. The highest BCUT2D eigenvalue weighted by Gasteiger charge is 2.60. The number of benzene rings is 1. The van der Waals surface area contributed by atoms with Gasteiger partial charge >= 0.3 is 0 Å². The Labute approximate surface area is 127 Å². The van der Waals surface area contributed by atoms with Crippen molar-refractivity contribution < 1.29 is 5.11 Å². The van der Waals surface area contributed by atoms with Crippen molar-refractivity contribution in [3.8, 4) is 0 Å². The van der Waals surface area contributed by atoms with Crippen LogP contribution in [0.4, 0.5) is 5.69 Å². The van der Waals surface area contributed by atoms with Gasteiger partial charge in [0.25, 0.3) is 0 Å². The van der Waals surface area contributed by atoms with E-state index in [9.17, 15) is 5.11 Å². The number of likely N-dealkylation sites (N-methyl/N-ethyl adjacent to an activating group) is 1. The van der Waals surface area contributed by atoms with E-state index in [2.05, 4.69) is 41.0 Å². The van der Waals surface area contributed by atoms with E-state index in [-0.39, 0.29) is 6.10 Å². The Morgan fingerprint density at radius 2 is 1.90 bits per heavy atom. The summed E-state index contributed by atoms with van der Waals surface area (Å²) >= 11 is 0. The second kappa shape index (κ2) is 4.99. The average Bonchev–Trinajstić information content (AvgIpc) is 3.10. The van der Waals surface area contributed by atoms with Crippen molar-refractivity contribution in [2.75, 3.05) is 37.6 Å². The Hall–Kier alpha value is -1.06. The van der Waals surface area contributed by atoms with Crippen LogP contribution in [0.15, 0.2) is 24.3 Å². The van der Waals surface area contributed by atoms with Crippen molar-refractivity contribution in [1.82, 2.24) is 4.90 Å². The highest BCUT2D eigenvalue weighted by Crippen LogP contribution is 2.58. The lowest BCUT2D eigenvalue weighted by molar-refractivity contribution is 0.145. The van der Waals surface area contributed by atoms with Gasteiger partial charge in [-0.05, 0) is 49.4 Å². The third-order valence-electron chi connectivity index (χ3n) is 5.94. The third-order valence-corrected chi connectivity index (χ3v) is 5.94. The summed E-state index contributed by atoms with van der Waals surface area (Å²) in [5.74, 6) is 0.897. The summed E-state index contributed by atoms with van der Waals surface area (Å²) in [5.41, 5.74) is 3.35. The normalized spacial score (nSPS) is 33.2. The molecule has 21 heavy (non-hydrogen) atoms. The van der Waals surface area contributed by atoms with Crippen LogP contribution in [0, 0.1) is 5.92 Å². The van der Waals surface area contributed by atoms with Gasteiger partial charge in [0.2, 0.25) is 0 Å². The molecule has 3 fully saturated rings. The van der Waals surface area contributed by atoms with E-state index >= 15 is 0 Å². The van der Waals surface area contributed by atoms with Crippen LogP contribution in [0.25, 0.3) is 0 Å². The van der Waals surface area contributed by atoms with Crippen LogP contribution >= 0.6 is 0 Å². The van der Waals surface area contributed by atoms with Gasteiger partial charge in [0.1, 0.15) is 0 Å². The van der Waals surface area contributed by atoms with Gasteiger partial charge in [0, 0.05) is 37.3 Å². The molecule has 0 radical (unpaired) electrons. The largest absolute Gasteiger partial charge is 0.393 e. The molecule has 1 aromatic carbocycles. The van der Waals surface area contributed by atoms with E-state index in [1.807, 2.05) is 0 Å². The van der Waals surface area contributed by atoms with E-state index in [1.165, 1.54) is 31.7 Å². The molecule has 1 aliphatic carbocycles. The van der Waals surface area contributed by atoms with E-state index < -0.39 is 0 Å². The van der Waals surface area contributed by atoms with Crippen LogP contribution in [0.3, 0.4) is 0 Å². The molecule has 114 valence electrons. The standard InChI is InChI=1S/C18H26N2O/c1-2-19-12-15-11-18(15,13-19)14-3-5-16(6-4-14)20-9-7-17(21)8-10-20/h3-6,15,17,21H,2,7-13H2,1H3. The molecule has 2 unspecified atom stereocenters. The number of anilines is 1. The Kier molecular flexibility index (Phi) is 3.23. The van der Waals surface area contributed by atoms with E-state index in [0.29, 0.717) is 5.41 Å². The molecule has 4 rings (SSSR count). The minimum absolute atomic E-state index is 0.0925. The molecular formula is C18H26N2O. The maximum absolute atomic E-state index is 9.62. The van der Waals surface area contributed by atoms with Gasteiger partial charge in [-0.3, -0.25) is 0 Å². The number of piperidine rings is 2. The van der Waals surface area contributed by atoms with Crippen molar-refractivity contribution in [3.63, 3.8) is 0 Å². The molecule has 2 aliphatic heterocycles. The Morgan fingerprint density at radius 1 is 1.19 bits per heavy atom. The van der Waals surface area contributed by atoms with Gasteiger partial charge < -0.3 is 14.9 Å². The molecule has 1 aromatic rings. The fourth-order valence-electron chi connectivity index (χ4n) is 4.40. The SMILES string of the molecule is CCN1CC2CC2(c2ccc(N3CCC(O)CC3)cc2)C1. The minimum Gasteiger partial charge on any atom is -0.393 e. The predicted molar refractivity (Wildman–Crippen MR) is 85.8 cm³/mol. The molecule has 0 amide bonds. The van der Waals surface area contributed by atoms with Crippen LogP contribution in [0.5, 0.6) is 0 Å². The number of hydrogen-bond donors (Lipinski definition) is 1. The smallest absolute Gasteiger partial charge is 0.0574 e. The summed E-state index contributed by atoms with van der Waals surface area (Å²) in [6, 6.07) is 9.32. The average molecular weight is 286 g/mol. The Balaban J connectivity index is 1.48. The lowest BCUT2D eigenvalue weighted by Crippen LogP contribution is -2.35. The van der Waals surface area contributed by atoms with E-state index in [1.54, 1.807) is 5.56 Å². The maximum Gasteiger partial charge on any atom is 0.0574 e. The zero-order chi connectivity index (χ0) is 14.4. The van der Waals surface area contributed by atoms with Crippen LogP contribution in [0.1, 0.15) is 31.7 Å². The minimum atomic E-state index is -0.0925. The fourth-order valence-corrected chi connectivity index (χ4v) is 4.40. The summed E-state index contributed by atoms with van der Waals surface area (Å²) in [6.07, 6.45) is 3.10. The molecule has 2 heterocycles. The molecule has 3 nitrogen and oxygen atoms in total. The highest BCUT2D eigenvalue weighted by atomic mass is 16.3. The first-order chi connectivity index (χ1) is 10.2. The molecule has 0 spiro atoms. The molecule has 1 N–H and O–H groups in total. The van der Waals surface area contributed by atoms with Crippen molar-refractivity contribution in [1.29, 1.82) is 0 Å². The molecule has 3 heteroatoms. The number of fused-ring (bicyclic) bond motifs is 1. The monoisotopic (exact) mass is 286 g/mol. The van der Waals surface area contributed by atoms with Gasteiger partial charge in [0.05, 0.1) is 6.10 Å². The number of hydrogen-bond acceptors (Lipinski definition) is 3. The third kappa shape index (κ3) is 2.27. The zero-order valence-electron chi connectivity index (χ0n) is 13.0. The first kappa shape index (κ1) is 13.6. The topological polar surface area (TPSA) is 26.7 Å². The number of rotatable bonds is 3. The summed E-state index contributed by atoms with van der Waals surface area (Å²) in [4.78, 5) is 5.00. The fraction of sp³-hybridized carbons (Fsp3) is 0.667. The van der Waals surface area contributed by atoms with Crippen molar-refractivity contribution in [2.24, 2.45) is 5.92 Å². The molecule has 0 bridgehead atoms. The van der Waals surface area contributed by atoms with Crippen LogP contribution in [-0.2, 0) is 5.41 Å². The number of likely N-dealkylation sites (tertiary alicyclic amines) is 1. The van der Waals surface area contributed by atoms with Gasteiger partial charge in [0.15, 0.2) is 0 Å². The molecule has 1 saturated carbocycles. The summed E-state index contributed by atoms with van der Waals surface area (Å²) in [7, 11) is 0. The van der Waals surface area contributed by atoms with Gasteiger partial charge in [-0.1, -0.05) is 19.1 Å². The summed E-state index contributed by atoms with van der Waals surface area (Å²) < 4.78 is 0. The first-order valence-corrected chi connectivity index (χ1v) is 8.47. The maximum atomic E-state index is 9.62. The van der Waals surface area contributed by atoms with Crippen LogP contribution in [0.2, 0.25) is 0 Å². The molecule has 0 aromatic heterocycles. The summed E-state index contributed by atoms with van der Waals surface area (Å²) in [6.45, 7) is 7.97. The number of aliphatic hydroxyl groups excluding tert-OH is 1.